The molecule has 4 rings (SSSR count). The molecule has 2 aromatic rings. The number of carbonyl (C=O) groups excluding carboxylic acids is 2. The van der Waals surface area contributed by atoms with Crippen LogP contribution in [0.15, 0.2) is 22.6 Å². The summed E-state index contributed by atoms with van der Waals surface area (Å²) in [4.78, 5) is 27.0. The monoisotopic (exact) mass is 387 g/mol. The first-order valence-electron chi connectivity index (χ1n) is 10.0. The molecule has 2 atom stereocenters. The van der Waals surface area contributed by atoms with Gasteiger partial charge in [-0.25, -0.2) is 4.39 Å². The van der Waals surface area contributed by atoms with E-state index in [1.807, 2.05) is 0 Å². The molecule has 3 heterocycles. The number of amides is 2. The van der Waals surface area contributed by atoms with Crippen LogP contribution in [0.2, 0.25) is 0 Å². The highest BCUT2D eigenvalue weighted by molar-refractivity contribution is 5.99. The highest BCUT2D eigenvalue weighted by atomic mass is 19.1. The molecule has 1 aromatic heterocycles. The minimum atomic E-state index is -0.346. The van der Waals surface area contributed by atoms with E-state index < -0.39 is 0 Å². The Hall–Kier alpha value is -2.41. The second kappa shape index (κ2) is 7.91. The van der Waals surface area contributed by atoms with Crippen molar-refractivity contribution < 1.29 is 18.4 Å². The van der Waals surface area contributed by atoms with E-state index >= 15 is 0 Å². The van der Waals surface area contributed by atoms with Gasteiger partial charge in [-0.15, -0.1) is 0 Å². The van der Waals surface area contributed by atoms with Crippen LogP contribution in [0.5, 0.6) is 0 Å². The first-order chi connectivity index (χ1) is 13.5. The van der Waals surface area contributed by atoms with Gasteiger partial charge in [-0.1, -0.05) is 0 Å². The molecule has 7 heteroatoms. The fourth-order valence-electron chi connectivity index (χ4n) is 4.23. The van der Waals surface area contributed by atoms with Gasteiger partial charge in [0.1, 0.15) is 11.4 Å². The number of halogens is 1. The lowest BCUT2D eigenvalue weighted by molar-refractivity contribution is -0.123. The van der Waals surface area contributed by atoms with Gasteiger partial charge in [0.25, 0.3) is 5.91 Å². The van der Waals surface area contributed by atoms with E-state index in [4.69, 9.17) is 4.42 Å². The van der Waals surface area contributed by atoms with Gasteiger partial charge in [-0.05, 0) is 63.3 Å². The van der Waals surface area contributed by atoms with Crippen LogP contribution in [0, 0.1) is 18.7 Å². The lowest BCUT2D eigenvalue weighted by Crippen LogP contribution is -2.46. The molecule has 0 aliphatic carbocycles. The molecular weight excluding hydrogens is 361 g/mol. The average molecular weight is 387 g/mol. The van der Waals surface area contributed by atoms with Crippen molar-refractivity contribution >= 4 is 22.8 Å². The predicted octanol–water partition coefficient (Wildman–Crippen LogP) is 2.60. The van der Waals surface area contributed by atoms with Crippen LogP contribution >= 0.6 is 0 Å². The third kappa shape index (κ3) is 3.76. The maximum atomic E-state index is 13.5. The van der Waals surface area contributed by atoms with Crippen LogP contribution in [0.3, 0.4) is 0 Å². The Morgan fingerprint density at radius 2 is 2.18 bits per heavy atom. The number of hydrogen-bond donors (Lipinski definition) is 2. The molecule has 2 amide bonds. The zero-order valence-corrected chi connectivity index (χ0v) is 16.1. The van der Waals surface area contributed by atoms with Crippen LogP contribution in [-0.4, -0.2) is 48.9 Å². The topological polar surface area (TPSA) is 74.6 Å². The number of furan rings is 1. The second-order valence-corrected chi connectivity index (χ2v) is 7.85. The maximum absolute atomic E-state index is 13.5. The highest BCUT2D eigenvalue weighted by Crippen LogP contribution is 2.28. The number of aryl methyl sites for hydroxylation is 1. The third-order valence-corrected chi connectivity index (χ3v) is 5.84. The van der Waals surface area contributed by atoms with Gasteiger partial charge < -0.3 is 20.0 Å². The summed E-state index contributed by atoms with van der Waals surface area (Å²) in [5.74, 6) is 0.0465. The van der Waals surface area contributed by atoms with Crippen LogP contribution in [0.25, 0.3) is 11.0 Å². The fourth-order valence-corrected chi connectivity index (χ4v) is 4.23. The lowest BCUT2D eigenvalue weighted by atomic mass is 9.97. The molecule has 2 unspecified atom stereocenters. The van der Waals surface area contributed by atoms with Crippen LogP contribution < -0.4 is 10.6 Å². The second-order valence-electron chi connectivity index (χ2n) is 7.85. The van der Waals surface area contributed by atoms with E-state index in [1.165, 1.54) is 12.1 Å². The molecule has 150 valence electrons. The molecule has 0 spiro atoms. The van der Waals surface area contributed by atoms with Crippen LogP contribution in [0.1, 0.15) is 41.8 Å². The summed E-state index contributed by atoms with van der Waals surface area (Å²) in [6.45, 7) is 4.50. The number of nitrogens with zero attached hydrogens (tertiary/aromatic N) is 1. The molecule has 2 saturated heterocycles. The summed E-state index contributed by atoms with van der Waals surface area (Å²) in [7, 11) is 0. The number of piperidine rings is 1. The molecular formula is C21H26FN3O3. The maximum Gasteiger partial charge on any atom is 0.289 e. The van der Waals surface area contributed by atoms with Gasteiger partial charge in [0.2, 0.25) is 5.91 Å². The van der Waals surface area contributed by atoms with E-state index in [0.29, 0.717) is 36.2 Å². The van der Waals surface area contributed by atoms with Gasteiger partial charge in [-0.3, -0.25) is 9.59 Å². The summed E-state index contributed by atoms with van der Waals surface area (Å²) < 4.78 is 19.3. The highest BCUT2D eigenvalue weighted by Gasteiger charge is 2.29. The minimum Gasteiger partial charge on any atom is -0.451 e. The Bertz CT molecular complexity index is 888. The van der Waals surface area contributed by atoms with Gasteiger partial charge >= 0.3 is 0 Å². The number of likely N-dealkylation sites (tertiary alicyclic amines) is 1. The largest absolute Gasteiger partial charge is 0.451 e. The van der Waals surface area contributed by atoms with Crippen molar-refractivity contribution in [3.8, 4) is 0 Å². The Morgan fingerprint density at radius 1 is 1.32 bits per heavy atom. The number of fused-ring (bicyclic) bond motifs is 1. The standard InChI is InChI=1S/C21H26FN3O3/c1-13-16-10-15(22)6-7-18(16)28-19(13)21(27)25-9-3-4-14(12-25)11-24-20(26)17-5-2-8-23-17/h6-7,10,14,17,23H,2-5,8-9,11-12H2,1H3,(H,24,26). The van der Waals surface area contributed by atoms with Crippen LogP contribution in [0.4, 0.5) is 4.39 Å². The van der Waals surface area contributed by atoms with Crippen molar-refractivity contribution in [1.82, 2.24) is 15.5 Å². The van der Waals surface area contributed by atoms with Crippen molar-refractivity contribution in [2.45, 2.75) is 38.6 Å². The third-order valence-electron chi connectivity index (χ3n) is 5.84. The molecule has 0 bridgehead atoms. The predicted molar refractivity (Wildman–Crippen MR) is 104 cm³/mol. The van der Waals surface area contributed by atoms with Gasteiger partial charge in [0.15, 0.2) is 5.76 Å². The summed E-state index contributed by atoms with van der Waals surface area (Å²) in [6.07, 6.45) is 3.78. The Kier molecular flexibility index (Phi) is 5.35. The number of hydrogen-bond acceptors (Lipinski definition) is 4. The molecule has 2 N–H and O–H groups in total. The van der Waals surface area contributed by atoms with Crippen molar-refractivity contribution in [3.05, 3.63) is 35.3 Å². The SMILES string of the molecule is Cc1c(C(=O)N2CCCC(CNC(=O)C3CCCN3)C2)oc2ccc(F)cc12. The summed E-state index contributed by atoms with van der Waals surface area (Å²) in [6, 6.07) is 4.20. The Morgan fingerprint density at radius 3 is 2.96 bits per heavy atom. The van der Waals surface area contributed by atoms with Crippen LogP contribution in [-0.2, 0) is 4.79 Å². The van der Waals surface area contributed by atoms with E-state index in [0.717, 1.165) is 32.2 Å². The quantitative estimate of drug-likeness (QED) is 0.846. The summed E-state index contributed by atoms with van der Waals surface area (Å²) in [5, 5.41) is 6.86. The molecule has 0 radical (unpaired) electrons. The number of benzene rings is 1. The van der Waals surface area contributed by atoms with E-state index in [1.54, 1.807) is 17.9 Å². The molecule has 28 heavy (non-hydrogen) atoms. The van der Waals surface area contributed by atoms with Crippen molar-refractivity contribution in [2.75, 3.05) is 26.2 Å². The Labute approximate surface area is 163 Å². The van der Waals surface area contributed by atoms with Gasteiger partial charge in [-0.2, -0.15) is 0 Å². The van der Waals surface area contributed by atoms with Crippen molar-refractivity contribution in [3.63, 3.8) is 0 Å². The normalized spacial score (nSPS) is 22.6. The van der Waals surface area contributed by atoms with Crippen molar-refractivity contribution in [1.29, 1.82) is 0 Å². The molecule has 6 nitrogen and oxygen atoms in total. The molecule has 2 aliphatic heterocycles. The fraction of sp³-hybridized carbons (Fsp3) is 0.524. The smallest absolute Gasteiger partial charge is 0.289 e. The molecule has 2 aliphatic rings. The van der Waals surface area contributed by atoms with E-state index in [-0.39, 0.29) is 35.4 Å². The molecule has 2 fully saturated rings. The average Bonchev–Trinajstić information content (AvgIpc) is 3.35. The Balaban J connectivity index is 1.40. The lowest BCUT2D eigenvalue weighted by Gasteiger charge is -2.32. The summed E-state index contributed by atoms with van der Waals surface area (Å²) >= 11 is 0. The minimum absolute atomic E-state index is 0.0519. The zero-order valence-electron chi connectivity index (χ0n) is 16.1. The number of nitrogens with one attached hydrogen (secondary N) is 2. The first-order valence-corrected chi connectivity index (χ1v) is 10.0. The number of rotatable bonds is 4. The van der Waals surface area contributed by atoms with Gasteiger partial charge in [0, 0.05) is 30.6 Å². The molecule has 1 aromatic carbocycles. The molecule has 0 saturated carbocycles. The van der Waals surface area contributed by atoms with Gasteiger partial charge in [0.05, 0.1) is 6.04 Å². The first kappa shape index (κ1) is 18.9. The summed E-state index contributed by atoms with van der Waals surface area (Å²) in [5.41, 5.74) is 1.19. The zero-order chi connectivity index (χ0) is 19.7. The number of carbonyl (C=O) groups is 2. The van der Waals surface area contributed by atoms with Crippen molar-refractivity contribution in [2.24, 2.45) is 5.92 Å². The van der Waals surface area contributed by atoms with E-state index in [9.17, 15) is 14.0 Å². The van der Waals surface area contributed by atoms with E-state index in [2.05, 4.69) is 10.6 Å².